The van der Waals surface area contributed by atoms with Crippen LogP contribution in [0.1, 0.15) is 39.3 Å². The number of fused-ring (bicyclic) bond motifs is 1. The fourth-order valence-corrected chi connectivity index (χ4v) is 2.83. The number of nitriles is 1. The van der Waals surface area contributed by atoms with Gasteiger partial charge in [-0.05, 0) is 39.7 Å². The second-order valence-electron chi connectivity index (χ2n) is 6.64. The Labute approximate surface area is 134 Å². The molecule has 7 nitrogen and oxygen atoms in total. The summed E-state index contributed by atoms with van der Waals surface area (Å²) in [7, 11) is 0. The van der Waals surface area contributed by atoms with Gasteiger partial charge in [-0.25, -0.2) is 15.0 Å². The average Bonchev–Trinajstić information content (AvgIpc) is 2.45. The Morgan fingerprint density at radius 3 is 2.74 bits per heavy atom. The van der Waals surface area contributed by atoms with Crippen LogP contribution in [0.15, 0.2) is 12.3 Å². The molecule has 7 heteroatoms. The van der Waals surface area contributed by atoms with Crippen LogP contribution >= 0.6 is 0 Å². The molecule has 0 bridgehead atoms. The predicted molar refractivity (Wildman–Crippen MR) is 88.1 cm³/mol. The minimum absolute atomic E-state index is 0.174. The van der Waals surface area contributed by atoms with Crippen LogP contribution < -0.4 is 10.6 Å². The molecule has 2 aromatic heterocycles. The van der Waals surface area contributed by atoms with Crippen LogP contribution in [0.3, 0.4) is 0 Å². The molecule has 1 fully saturated rings. The molecular weight excluding hydrogens is 292 g/mol. The topological polar surface area (TPSA) is 107 Å². The largest absolute Gasteiger partial charge is 0.390 e. The van der Waals surface area contributed by atoms with Gasteiger partial charge >= 0.3 is 0 Å². The van der Waals surface area contributed by atoms with Crippen LogP contribution in [-0.4, -0.2) is 37.7 Å². The molecular formula is C16H20N6O. The van der Waals surface area contributed by atoms with E-state index in [1.54, 1.807) is 12.3 Å². The van der Waals surface area contributed by atoms with Gasteiger partial charge in [0.25, 0.3) is 0 Å². The Kier molecular flexibility index (Phi) is 3.78. The number of aliphatic hydroxyl groups is 1. The Hall–Kier alpha value is -2.46. The molecule has 1 aliphatic carbocycles. The van der Waals surface area contributed by atoms with Crippen LogP contribution in [0.2, 0.25) is 0 Å². The second kappa shape index (κ2) is 5.63. The van der Waals surface area contributed by atoms with Gasteiger partial charge in [-0.3, -0.25) is 0 Å². The summed E-state index contributed by atoms with van der Waals surface area (Å²) in [4.78, 5) is 13.1. The highest BCUT2D eigenvalue weighted by Gasteiger charge is 2.38. The molecule has 0 atom stereocenters. The standard InChI is InChI=1S/C16H20N6O/c1-9(2)19-14-13-10(4-11(7-17)20-14)8-18-15(22-13)21-12-5-16(3,23)6-12/h4,8-9,12,23H,5-6H2,1-3H3,(H,19,20)(H,18,21,22)/t12-,16-. The van der Waals surface area contributed by atoms with Crippen molar-refractivity contribution in [3.05, 3.63) is 18.0 Å². The first-order valence-electron chi connectivity index (χ1n) is 7.70. The molecule has 23 heavy (non-hydrogen) atoms. The fourth-order valence-electron chi connectivity index (χ4n) is 2.83. The molecule has 0 saturated heterocycles. The van der Waals surface area contributed by atoms with Crippen LogP contribution in [0.4, 0.5) is 11.8 Å². The van der Waals surface area contributed by atoms with Crippen LogP contribution in [-0.2, 0) is 0 Å². The minimum atomic E-state index is -0.595. The molecule has 0 amide bonds. The normalized spacial score (nSPS) is 23.4. The number of aromatic nitrogens is 3. The third-order valence-electron chi connectivity index (χ3n) is 3.81. The minimum Gasteiger partial charge on any atom is -0.390 e. The molecule has 0 spiro atoms. The van der Waals surface area contributed by atoms with E-state index in [1.165, 1.54) is 0 Å². The summed E-state index contributed by atoms with van der Waals surface area (Å²) in [6, 6.07) is 4.09. The summed E-state index contributed by atoms with van der Waals surface area (Å²) in [6.45, 7) is 5.83. The van der Waals surface area contributed by atoms with Crippen molar-refractivity contribution in [2.24, 2.45) is 0 Å². The summed E-state index contributed by atoms with van der Waals surface area (Å²) in [6.07, 6.45) is 3.05. The van der Waals surface area contributed by atoms with Crippen molar-refractivity contribution in [3.8, 4) is 6.07 Å². The highest BCUT2D eigenvalue weighted by molar-refractivity contribution is 5.89. The van der Waals surface area contributed by atoms with Crippen molar-refractivity contribution in [2.45, 2.75) is 51.3 Å². The van der Waals surface area contributed by atoms with Gasteiger partial charge < -0.3 is 15.7 Å². The number of rotatable bonds is 4. The second-order valence-corrected chi connectivity index (χ2v) is 6.64. The van der Waals surface area contributed by atoms with Crippen LogP contribution in [0.25, 0.3) is 10.9 Å². The summed E-state index contributed by atoms with van der Waals surface area (Å²) in [5, 5.41) is 26.1. The monoisotopic (exact) mass is 312 g/mol. The van der Waals surface area contributed by atoms with Crippen LogP contribution in [0, 0.1) is 11.3 Å². The van der Waals surface area contributed by atoms with Gasteiger partial charge in [0.1, 0.15) is 17.3 Å². The van der Waals surface area contributed by atoms with Gasteiger partial charge in [0.2, 0.25) is 5.95 Å². The van der Waals surface area contributed by atoms with Gasteiger partial charge in [-0.15, -0.1) is 0 Å². The number of anilines is 2. The Balaban J connectivity index is 1.92. The van der Waals surface area contributed by atoms with Gasteiger partial charge in [-0.1, -0.05) is 0 Å². The fraction of sp³-hybridized carbons (Fsp3) is 0.500. The highest BCUT2D eigenvalue weighted by Crippen LogP contribution is 2.33. The lowest BCUT2D eigenvalue weighted by molar-refractivity contribution is -0.0235. The molecule has 2 aromatic rings. The van der Waals surface area contributed by atoms with Gasteiger partial charge in [0.05, 0.1) is 5.60 Å². The first kappa shape index (κ1) is 15.4. The summed E-state index contributed by atoms with van der Waals surface area (Å²) in [5.41, 5.74) is 0.420. The van der Waals surface area contributed by atoms with Crippen molar-refractivity contribution in [1.82, 2.24) is 15.0 Å². The first-order valence-corrected chi connectivity index (χ1v) is 7.70. The molecule has 0 unspecified atom stereocenters. The first-order chi connectivity index (χ1) is 10.9. The lowest BCUT2D eigenvalue weighted by Crippen LogP contribution is -2.48. The molecule has 0 aliphatic heterocycles. The van der Waals surface area contributed by atoms with E-state index in [1.807, 2.05) is 20.8 Å². The van der Waals surface area contributed by atoms with Crippen molar-refractivity contribution in [1.29, 1.82) is 5.26 Å². The molecule has 1 aliphatic rings. The van der Waals surface area contributed by atoms with Gasteiger partial charge in [-0.2, -0.15) is 5.26 Å². The van der Waals surface area contributed by atoms with E-state index in [2.05, 4.69) is 31.7 Å². The third-order valence-corrected chi connectivity index (χ3v) is 3.81. The maximum atomic E-state index is 9.80. The third kappa shape index (κ3) is 3.32. The lowest BCUT2D eigenvalue weighted by Gasteiger charge is -2.41. The Morgan fingerprint density at radius 2 is 2.13 bits per heavy atom. The van der Waals surface area contributed by atoms with Crippen molar-refractivity contribution in [3.63, 3.8) is 0 Å². The number of pyridine rings is 1. The smallest absolute Gasteiger partial charge is 0.223 e. The Morgan fingerprint density at radius 1 is 1.39 bits per heavy atom. The quantitative estimate of drug-likeness (QED) is 0.793. The summed E-state index contributed by atoms with van der Waals surface area (Å²) < 4.78 is 0. The molecule has 1 saturated carbocycles. The zero-order chi connectivity index (χ0) is 16.6. The number of nitrogens with zero attached hydrogens (tertiary/aromatic N) is 4. The number of hydrogen-bond donors (Lipinski definition) is 3. The van der Waals surface area contributed by atoms with E-state index in [4.69, 9.17) is 5.26 Å². The van der Waals surface area contributed by atoms with E-state index >= 15 is 0 Å². The number of hydrogen-bond acceptors (Lipinski definition) is 7. The molecule has 2 heterocycles. The summed E-state index contributed by atoms with van der Waals surface area (Å²) >= 11 is 0. The Bertz CT molecular complexity index is 772. The molecule has 0 aromatic carbocycles. The summed E-state index contributed by atoms with van der Waals surface area (Å²) in [5.74, 6) is 1.09. The molecule has 120 valence electrons. The number of nitrogens with one attached hydrogen (secondary N) is 2. The molecule has 3 N–H and O–H groups in total. The van der Waals surface area contributed by atoms with E-state index < -0.39 is 5.60 Å². The highest BCUT2D eigenvalue weighted by atomic mass is 16.3. The van der Waals surface area contributed by atoms with Crippen LogP contribution in [0.5, 0.6) is 0 Å². The SMILES string of the molecule is CC(C)Nc1nc(C#N)cc2cnc(N[C@H]3C[C@](C)(O)C3)nc12. The lowest BCUT2D eigenvalue weighted by atomic mass is 9.77. The molecule has 3 rings (SSSR count). The van der Waals surface area contributed by atoms with E-state index in [0.717, 1.165) is 5.39 Å². The molecule has 0 radical (unpaired) electrons. The maximum Gasteiger partial charge on any atom is 0.223 e. The van der Waals surface area contributed by atoms with Gasteiger partial charge in [0, 0.05) is 23.7 Å². The van der Waals surface area contributed by atoms with E-state index in [-0.39, 0.29) is 12.1 Å². The zero-order valence-corrected chi connectivity index (χ0v) is 13.5. The van der Waals surface area contributed by atoms with Crippen molar-refractivity contribution < 1.29 is 5.11 Å². The van der Waals surface area contributed by atoms with Gasteiger partial charge in [0.15, 0.2) is 5.82 Å². The predicted octanol–water partition coefficient (Wildman–Crippen LogP) is 2.04. The van der Waals surface area contributed by atoms with E-state index in [0.29, 0.717) is 35.8 Å². The average molecular weight is 312 g/mol. The zero-order valence-electron chi connectivity index (χ0n) is 13.5. The maximum absolute atomic E-state index is 9.80. The van der Waals surface area contributed by atoms with Crippen molar-refractivity contribution >= 4 is 22.7 Å². The van der Waals surface area contributed by atoms with E-state index in [9.17, 15) is 5.11 Å². The van der Waals surface area contributed by atoms with Crippen molar-refractivity contribution in [2.75, 3.05) is 10.6 Å².